The number of halogens is 1. The molecule has 0 fully saturated rings. The molecule has 18 heavy (non-hydrogen) atoms. The van der Waals surface area contributed by atoms with Crippen molar-refractivity contribution in [3.63, 3.8) is 0 Å². The summed E-state index contributed by atoms with van der Waals surface area (Å²) in [4.78, 5) is 4.35. The second-order valence-electron chi connectivity index (χ2n) is 4.24. The molecule has 3 nitrogen and oxygen atoms in total. The van der Waals surface area contributed by atoms with Gasteiger partial charge in [-0.1, -0.05) is 12.1 Å². The molecular weight excluding hydrogens is 229 g/mol. The molecule has 0 bridgehead atoms. The van der Waals surface area contributed by atoms with E-state index in [1.165, 1.54) is 12.1 Å². The predicted octanol–water partition coefficient (Wildman–Crippen LogP) is 2.65. The molecule has 0 unspecified atom stereocenters. The third kappa shape index (κ3) is 1.93. The quantitative estimate of drug-likeness (QED) is 0.749. The van der Waals surface area contributed by atoms with Crippen molar-refractivity contribution in [2.24, 2.45) is 0 Å². The average molecular weight is 241 g/mol. The zero-order valence-electron chi connectivity index (χ0n) is 9.68. The molecule has 1 aromatic carbocycles. The summed E-state index contributed by atoms with van der Waals surface area (Å²) in [5, 5.41) is 0. The molecule has 3 aromatic rings. The smallest absolute Gasteiger partial charge is 0.123 e. The first-order valence-corrected chi connectivity index (χ1v) is 5.68. The molecule has 0 spiro atoms. The fourth-order valence-corrected chi connectivity index (χ4v) is 2.03. The first-order valence-electron chi connectivity index (χ1n) is 5.68. The number of benzene rings is 1. The van der Waals surface area contributed by atoms with Crippen molar-refractivity contribution in [2.75, 3.05) is 5.73 Å². The van der Waals surface area contributed by atoms with Gasteiger partial charge in [-0.3, -0.25) is 0 Å². The Morgan fingerprint density at radius 3 is 2.94 bits per heavy atom. The molecule has 0 saturated heterocycles. The summed E-state index contributed by atoms with van der Waals surface area (Å²) in [6.07, 6.45) is 4.24. The Kier molecular flexibility index (Phi) is 2.48. The van der Waals surface area contributed by atoms with Crippen molar-refractivity contribution in [2.45, 2.75) is 6.42 Å². The van der Waals surface area contributed by atoms with Gasteiger partial charge < -0.3 is 10.1 Å². The van der Waals surface area contributed by atoms with Crippen LogP contribution in [0.3, 0.4) is 0 Å². The summed E-state index contributed by atoms with van der Waals surface area (Å²) in [5.74, 6) is 0.646. The lowest BCUT2D eigenvalue weighted by molar-refractivity contribution is 0.625. The molecule has 0 aliphatic heterocycles. The lowest BCUT2D eigenvalue weighted by Gasteiger charge is -2.02. The number of rotatable bonds is 2. The minimum Gasteiger partial charge on any atom is -0.399 e. The SMILES string of the molecule is Nc1ccn2c(Cc3cccc(F)c3)ncc2c1. The lowest BCUT2D eigenvalue weighted by atomic mass is 10.1. The van der Waals surface area contributed by atoms with Crippen LogP contribution in [0.15, 0.2) is 48.8 Å². The van der Waals surface area contributed by atoms with Crippen molar-refractivity contribution in [3.05, 3.63) is 66.0 Å². The van der Waals surface area contributed by atoms with Crippen molar-refractivity contribution < 1.29 is 4.39 Å². The fourth-order valence-electron chi connectivity index (χ4n) is 2.03. The van der Waals surface area contributed by atoms with Gasteiger partial charge in [0.05, 0.1) is 11.7 Å². The van der Waals surface area contributed by atoms with Gasteiger partial charge in [0, 0.05) is 18.3 Å². The van der Waals surface area contributed by atoms with Crippen LogP contribution in [0, 0.1) is 5.82 Å². The Hall–Kier alpha value is -2.36. The highest BCUT2D eigenvalue weighted by molar-refractivity contribution is 5.56. The van der Waals surface area contributed by atoms with E-state index in [2.05, 4.69) is 4.98 Å². The Balaban J connectivity index is 2.00. The Bertz CT molecular complexity index is 703. The number of fused-ring (bicyclic) bond motifs is 1. The lowest BCUT2D eigenvalue weighted by Crippen LogP contribution is -1.97. The van der Waals surface area contributed by atoms with E-state index in [4.69, 9.17) is 5.73 Å². The summed E-state index contributed by atoms with van der Waals surface area (Å²) in [7, 11) is 0. The van der Waals surface area contributed by atoms with Gasteiger partial charge in [0.25, 0.3) is 0 Å². The minimum atomic E-state index is -0.224. The number of imidazole rings is 1. The third-order valence-corrected chi connectivity index (χ3v) is 2.88. The van der Waals surface area contributed by atoms with Crippen LogP contribution < -0.4 is 5.73 Å². The molecule has 0 aliphatic rings. The largest absolute Gasteiger partial charge is 0.399 e. The first kappa shape index (κ1) is 10.8. The van der Waals surface area contributed by atoms with E-state index in [1.807, 2.05) is 28.8 Å². The van der Waals surface area contributed by atoms with E-state index in [-0.39, 0.29) is 5.82 Å². The summed E-state index contributed by atoms with van der Waals surface area (Å²) in [6.45, 7) is 0. The van der Waals surface area contributed by atoms with Crippen molar-refractivity contribution in [1.82, 2.24) is 9.38 Å². The number of hydrogen-bond donors (Lipinski definition) is 1. The number of nitrogen functional groups attached to an aromatic ring is 1. The number of nitrogens with two attached hydrogens (primary N) is 1. The summed E-state index contributed by atoms with van der Waals surface area (Å²) in [6, 6.07) is 10.2. The van der Waals surface area contributed by atoms with Crippen LogP contribution >= 0.6 is 0 Å². The highest BCUT2D eigenvalue weighted by atomic mass is 19.1. The van der Waals surface area contributed by atoms with Crippen LogP contribution in [0.1, 0.15) is 11.4 Å². The highest BCUT2D eigenvalue weighted by Crippen LogP contribution is 2.14. The molecule has 0 radical (unpaired) electrons. The Morgan fingerprint density at radius 2 is 2.11 bits per heavy atom. The van der Waals surface area contributed by atoms with E-state index >= 15 is 0 Å². The number of pyridine rings is 1. The van der Waals surface area contributed by atoms with Gasteiger partial charge in [-0.15, -0.1) is 0 Å². The first-order chi connectivity index (χ1) is 8.72. The summed E-state index contributed by atoms with van der Waals surface area (Å²) < 4.78 is 15.1. The summed E-state index contributed by atoms with van der Waals surface area (Å²) in [5.41, 5.74) is 8.27. The standard InChI is InChI=1S/C14H12FN3/c15-11-3-1-2-10(6-11)7-14-17-9-13-8-12(16)4-5-18(13)14/h1-6,8-9H,7,16H2. The zero-order valence-corrected chi connectivity index (χ0v) is 9.68. The average Bonchev–Trinajstić information content (AvgIpc) is 2.72. The van der Waals surface area contributed by atoms with Gasteiger partial charge in [0.1, 0.15) is 11.6 Å². The molecule has 2 heterocycles. The monoisotopic (exact) mass is 241 g/mol. The van der Waals surface area contributed by atoms with Gasteiger partial charge in [-0.2, -0.15) is 0 Å². The predicted molar refractivity (Wildman–Crippen MR) is 68.8 cm³/mol. The molecular formula is C14H12FN3. The Morgan fingerprint density at radius 1 is 1.22 bits per heavy atom. The number of hydrogen-bond acceptors (Lipinski definition) is 2. The van der Waals surface area contributed by atoms with Crippen LogP contribution in [0.25, 0.3) is 5.52 Å². The maximum Gasteiger partial charge on any atom is 0.123 e. The fraction of sp³-hybridized carbons (Fsp3) is 0.0714. The van der Waals surface area contributed by atoms with Gasteiger partial charge in [-0.25, -0.2) is 9.37 Å². The van der Waals surface area contributed by atoms with Crippen LogP contribution in [0.5, 0.6) is 0 Å². The molecule has 4 heteroatoms. The van der Waals surface area contributed by atoms with E-state index < -0.39 is 0 Å². The number of anilines is 1. The van der Waals surface area contributed by atoms with Crippen molar-refractivity contribution >= 4 is 11.2 Å². The van der Waals surface area contributed by atoms with E-state index in [1.54, 1.807) is 12.3 Å². The van der Waals surface area contributed by atoms with Crippen LogP contribution in [-0.4, -0.2) is 9.38 Å². The van der Waals surface area contributed by atoms with Gasteiger partial charge in [-0.05, 0) is 29.8 Å². The normalized spacial score (nSPS) is 10.9. The number of aromatic nitrogens is 2. The van der Waals surface area contributed by atoms with E-state index in [0.717, 1.165) is 16.9 Å². The molecule has 0 atom stereocenters. The molecule has 0 aliphatic carbocycles. The van der Waals surface area contributed by atoms with Crippen LogP contribution in [-0.2, 0) is 6.42 Å². The second kappa shape index (κ2) is 4.14. The highest BCUT2D eigenvalue weighted by Gasteiger charge is 2.05. The van der Waals surface area contributed by atoms with Crippen molar-refractivity contribution in [3.8, 4) is 0 Å². The third-order valence-electron chi connectivity index (χ3n) is 2.88. The molecule has 2 N–H and O–H groups in total. The van der Waals surface area contributed by atoms with E-state index in [9.17, 15) is 4.39 Å². The minimum absolute atomic E-state index is 0.224. The molecule has 2 aromatic heterocycles. The number of nitrogens with zero attached hydrogens (tertiary/aromatic N) is 2. The van der Waals surface area contributed by atoms with Gasteiger partial charge >= 0.3 is 0 Å². The van der Waals surface area contributed by atoms with Crippen LogP contribution in [0.4, 0.5) is 10.1 Å². The zero-order chi connectivity index (χ0) is 12.5. The molecule has 0 saturated carbocycles. The van der Waals surface area contributed by atoms with Gasteiger partial charge in [0.15, 0.2) is 0 Å². The van der Waals surface area contributed by atoms with Crippen LogP contribution in [0.2, 0.25) is 0 Å². The molecule has 0 amide bonds. The molecule has 90 valence electrons. The Labute approximate surface area is 104 Å². The maximum atomic E-state index is 13.1. The second-order valence-corrected chi connectivity index (χ2v) is 4.24. The van der Waals surface area contributed by atoms with E-state index in [0.29, 0.717) is 12.1 Å². The molecule has 3 rings (SSSR count). The van der Waals surface area contributed by atoms with Crippen molar-refractivity contribution in [1.29, 1.82) is 0 Å². The topological polar surface area (TPSA) is 43.3 Å². The summed E-state index contributed by atoms with van der Waals surface area (Å²) >= 11 is 0. The maximum absolute atomic E-state index is 13.1. The van der Waals surface area contributed by atoms with Gasteiger partial charge in [0.2, 0.25) is 0 Å².